The van der Waals surface area contributed by atoms with Crippen molar-refractivity contribution in [1.82, 2.24) is 4.98 Å². The largest absolute Gasteiger partial charge is 0.494 e. The average molecular weight is 309 g/mol. The van der Waals surface area contributed by atoms with Gasteiger partial charge in [0.15, 0.2) is 5.76 Å². The molecule has 0 atom stereocenters. The van der Waals surface area contributed by atoms with Crippen LogP contribution in [0.3, 0.4) is 0 Å². The number of oxazole rings is 1. The minimum Gasteiger partial charge on any atom is -0.494 e. The molecule has 1 heterocycles. The van der Waals surface area contributed by atoms with Crippen LogP contribution in [0, 0.1) is 0 Å². The first-order valence-corrected chi connectivity index (χ1v) is 7.21. The van der Waals surface area contributed by atoms with E-state index in [1.54, 1.807) is 24.4 Å². The third-order valence-electron chi connectivity index (χ3n) is 3.34. The van der Waals surface area contributed by atoms with Crippen molar-refractivity contribution in [2.45, 2.75) is 6.92 Å². The Morgan fingerprint density at radius 2 is 1.91 bits per heavy atom. The topological polar surface area (TPSA) is 72.6 Å². The van der Waals surface area contributed by atoms with E-state index in [4.69, 9.17) is 9.15 Å². The van der Waals surface area contributed by atoms with Crippen LogP contribution in [0.5, 0.6) is 5.75 Å². The van der Waals surface area contributed by atoms with Gasteiger partial charge in [0.1, 0.15) is 5.75 Å². The standard InChI is InChI=1S/C18H15NO4/c1-2-22-13-9-7-12(8-10-13)16-11-19-17(23-16)14-5-3-4-6-15(14)18(20)21/h3-11H,2H2,1H3,(H,20,21). The molecular formula is C18H15NO4. The van der Waals surface area contributed by atoms with Gasteiger partial charge >= 0.3 is 5.97 Å². The summed E-state index contributed by atoms with van der Waals surface area (Å²) in [7, 11) is 0. The Morgan fingerprint density at radius 3 is 2.61 bits per heavy atom. The lowest BCUT2D eigenvalue weighted by molar-refractivity contribution is 0.0697. The van der Waals surface area contributed by atoms with E-state index in [0.717, 1.165) is 11.3 Å². The number of benzene rings is 2. The van der Waals surface area contributed by atoms with Crippen LogP contribution in [0.15, 0.2) is 59.1 Å². The molecule has 0 spiro atoms. The zero-order chi connectivity index (χ0) is 16.2. The van der Waals surface area contributed by atoms with Crippen molar-refractivity contribution in [3.8, 4) is 28.5 Å². The fourth-order valence-electron chi connectivity index (χ4n) is 2.27. The van der Waals surface area contributed by atoms with Crippen LogP contribution in [-0.2, 0) is 0 Å². The fraction of sp³-hybridized carbons (Fsp3) is 0.111. The number of aromatic nitrogens is 1. The molecule has 0 radical (unpaired) electrons. The lowest BCUT2D eigenvalue weighted by Gasteiger charge is -2.03. The average Bonchev–Trinajstić information content (AvgIpc) is 3.06. The van der Waals surface area contributed by atoms with Gasteiger partial charge in [-0.3, -0.25) is 0 Å². The van der Waals surface area contributed by atoms with E-state index in [0.29, 0.717) is 17.9 Å². The lowest BCUT2D eigenvalue weighted by atomic mass is 10.1. The Hall–Kier alpha value is -3.08. The maximum absolute atomic E-state index is 11.3. The molecule has 3 aromatic rings. The summed E-state index contributed by atoms with van der Waals surface area (Å²) in [6, 6.07) is 14.1. The van der Waals surface area contributed by atoms with Crippen LogP contribution in [0.4, 0.5) is 0 Å². The molecule has 0 bridgehead atoms. The number of carbonyl (C=O) groups is 1. The first-order chi connectivity index (χ1) is 11.2. The molecule has 2 aromatic carbocycles. The van der Waals surface area contributed by atoms with Gasteiger partial charge in [-0.15, -0.1) is 0 Å². The molecule has 23 heavy (non-hydrogen) atoms. The molecule has 0 aliphatic rings. The van der Waals surface area contributed by atoms with Gasteiger partial charge in [0, 0.05) is 5.56 Å². The first kappa shape index (κ1) is 14.8. The minimum atomic E-state index is -1.01. The van der Waals surface area contributed by atoms with Crippen LogP contribution < -0.4 is 4.74 Å². The Balaban J connectivity index is 1.93. The van der Waals surface area contributed by atoms with Gasteiger partial charge in [-0.2, -0.15) is 0 Å². The van der Waals surface area contributed by atoms with Crippen LogP contribution in [0.2, 0.25) is 0 Å². The zero-order valence-electron chi connectivity index (χ0n) is 12.5. The smallest absolute Gasteiger partial charge is 0.336 e. The Bertz CT molecular complexity index is 821. The summed E-state index contributed by atoms with van der Waals surface area (Å²) in [5.74, 6) is 0.628. The quantitative estimate of drug-likeness (QED) is 0.768. The molecule has 5 heteroatoms. The normalized spacial score (nSPS) is 10.5. The van der Waals surface area contributed by atoms with Gasteiger partial charge in [-0.1, -0.05) is 12.1 Å². The molecule has 0 aliphatic heterocycles. The van der Waals surface area contributed by atoms with E-state index < -0.39 is 5.97 Å². The number of nitrogens with zero attached hydrogens (tertiary/aromatic N) is 1. The monoisotopic (exact) mass is 309 g/mol. The van der Waals surface area contributed by atoms with Gasteiger partial charge in [-0.05, 0) is 43.3 Å². The maximum Gasteiger partial charge on any atom is 0.336 e. The minimum absolute atomic E-state index is 0.160. The maximum atomic E-state index is 11.3. The highest BCUT2D eigenvalue weighted by atomic mass is 16.5. The summed E-state index contributed by atoms with van der Waals surface area (Å²) in [5.41, 5.74) is 1.46. The third kappa shape index (κ3) is 3.08. The number of rotatable bonds is 5. The molecule has 3 rings (SSSR count). The van der Waals surface area contributed by atoms with Crippen LogP contribution in [0.25, 0.3) is 22.8 Å². The van der Waals surface area contributed by atoms with Crippen molar-refractivity contribution >= 4 is 5.97 Å². The first-order valence-electron chi connectivity index (χ1n) is 7.21. The summed E-state index contributed by atoms with van der Waals surface area (Å²) in [5, 5.41) is 9.25. The molecule has 0 unspecified atom stereocenters. The summed E-state index contributed by atoms with van der Waals surface area (Å²) in [6.45, 7) is 2.54. The predicted molar refractivity (Wildman–Crippen MR) is 85.5 cm³/mol. The molecule has 1 N–H and O–H groups in total. The van der Waals surface area contributed by atoms with Gasteiger partial charge in [0.05, 0.1) is 23.9 Å². The van der Waals surface area contributed by atoms with Crippen molar-refractivity contribution in [3.63, 3.8) is 0 Å². The van der Waals surface area contributed by atoms with Crippen molar-refractivity contribution in [3.05, 3.63) is 60.3 Å². The van der Waals surface area contributed by atoms with E-state index in [9.17, 15) is 9.90 Å². The SMILES string of the molecule is CCOc1ccc(-c2cnc(-c3ccccc3C(=O)O)o2)cc1. The number of hydrogen-bond acceptors (Lipinski definition) is 4. The predicted octanol–water partition coefficient (Wildman–Crippen LogP) is 4.11. The zero-order valence-corrected chi connectivity index (χ0v) is 12.5. The lowest BCUT2D eigenvalue weighted by Crippen LogP contribution is -1.98. The van der Waals surface area contributed by atoms with Crippen molar-refractivity contribution in [1.29, 1.82) is 0 Å². The van der Waals surface area contributed by atoms with Gasteiger partial charge < -0.3 is 14.3 Å². The highest BCUT2D eigenvalue weighted by molar-refractivity contribution is 5.94. The molecule has 116 valence electrons. The van der Waals surface area contributed by atoms with E-state index >= 15 is 0 Å². The highest BCUT2D eigenvalue weighted by Gasteiger charge is 2.15. The number of hydrogen-bond donors (Lipinski definition) is 1. The van der Waals surface area contributed by atoms with E-state index in [-0.39, 0.29) is 11.5 Å². The molecule has 0 saturated heterocycles. The molecule has 0 fully saturated rings. The third-order valence-corrected chi connectivity index (χ3v) is 3.34. The van der Waals surface area contributed by atoms with E-state index in [1.165, 1.54) is 6.07 Å². The van der Waals surface area contributed by atoms with Crippen LogP contribution in [-0.4, -0.2) is 22.7 Å². The second-order valence-corrected chi connectivity index (χ2v) is 4.84. The fourth-order valence-corrected chi connectivity index (χ4v) is 2.27. The molecule has 0 aliphatic carbocycles. The van der Waals surface area contributed by atoms with E-state index in [1.807, 2.05) is 31.2 Å². The Labute approximate surface area is 133 Å². The molecule has 0 saturated carbocycles. The summed E-state index contributed by atoms with van der Waals surface area (Å²) in [4.78, 5) is 15.5. The highest BCUT2D eigenvalue weighted by Crippen LogP contribution is 2.29. The summed E-state index contributed by atoms with van der Waals surface area (Å²) < 4.78 is 11.1. The number of ether oxygens (including phenoxy) is 1. The molecular weight excluding hydrogens is 294 g/mol. The van der Waals surface area contributed by atoms with Crippen molar-refractivity contribution in [2.75, 3.05) is 6.61 Å². The van der Waals surface area contributed by atoms with Gasteiger partial charge in [0.2, 0.25) is 5.89 Å². The second kappa shape index (κ2) is 6.36. The molecule has 5 nitrogen and oxygen atoms in total. The number of aromatic carboxylic acids is 1. The van der Waals surface area contributed by atoms with Crippen LogP contribution >= 0.6 is 0 Å². The van der Waals surface area contributed by atoms with E-state index in [2.05, 4.69) is 4.98 Å². The summed E-state index contributed by atoms with van der Waals surface area (Å²) in [6.07, 6.45) is 1.59. The van der Waals surface area contributed by atoms with Crippen molar-refractivity contribution < 1.29 is 19.1 Å². The summed E-state index contributed by atoms with van der Waals surface area (Å²) >= 11 is 0. The molecule has 1 aromatic heterocycles. The van der Waals surface area contributed by atoms with Crippen LogP contribution in [0.1, 0.15) is 17.3 Å². The Morgan fingerprint density at radius 1 is 1.17 bits per heavy atom. The van der Waals surface area contributed by atoms with Gasteiger partial charge in [0.25, 0.3) is 0 Å². The second-order valence-electron chi connectivity index (χ2n) is 4.84. The number of carboxylic acid groups (broad SMARTS) is 1. The van der Waals surface area contributed by atoms with Crippen molar-refractivity contribution in [2.24, 2.45) is 0 Å². The van der Waals surface area contributed by atoms with Gasteiger partial charge in [-0.25, -0.2) is 9.78 Å². The molecule has 0 amide bonds. The number of carboxylic acids is 1. The Kier molecular flexibility index (Phi) is 4.10.